The van der Waals surface area contributed by atoms with Gasteiger partial charge in [0.2, 0.25) is 11.8 Å². The quantitative estimate of drug-likeness (QED) is 0.851. The number of nitrogens with one attached hydrogen (secondary N) is 1. The number of rotatable bonds is 6. The minimum absolute atomic E-state index is 0.0193. The van der Waals surface area contributed by atoms with Crippen LogP contribution < -0.4 is 5.32 Å². The Hall–Kier alpha value is -1.85. The molecule has 6 heteroatoms. The first-order valence-electron chi connectivity index (χ1n) is 7.55. The van der Waals surface area contributed by atoms with Crippen molar-refractivity contribution in [1.82, 2.24) is 19.8 Å². The van der Waals surface area contributed by atoms with Crippen LogP contribution in [0.2, 0.25) is 0 Å². The number of nitrogens with zero attached hydrogens (tertiary/aromatic N) is 3. The number of hydrogen-bond donors (Lipinski definition) is 1. The molecule has 0 saturated carbocycles. The molecule has 0 spiro atoms. The third-order valence-electron chi connectivity index (χ3n) is 3.76. The summed E-state index contributed by atoms with van der Waals surface area (Å²) in [5.74, 6) is 0.363. The molecule has 2 rings (SSSR count). The lowest BCUT2D eigenvalue weighted by atomic mass is 9.98. The molecule has 0 aliphatic carbocycles. The summed E-state index contributed by atoms with van der Waals surface area (Å²) < 4.78 is 1.98. The normalized spacial score (nSPS) is 22.8. The Balaban J connectivity index is 1.99. The van der Waals surface area contributed by atoms with Gasteiger partial charge in [0.15, 0.2) is 0 Å². The highest BCUT2D eigenvalue weighted by molar-refractivity contribution is 5.96. The van der Waals surface area contributed by atoms with E-state index in [4.69, 9.17) is 0 Å². The van der Waals surface area contributed by atoms with Gasteiger partial charge in [-0.1, -0.05) is 13.8 Å². The van der Waals surface area contributed by atoms with Gasteiger partial charge in [-0.25, -0.2) is 4.98 Å². The maximum atomic E-state index is 12.3. The fourth-order valence-corrected chi connectivity index (χ4v) is 2.70. The molecule has 1 fully saturated rings. The molecule has 2 atom stereocenters. The van der Waals surface area contributed by atoms with E-state index in [9.17, 15) is 9.59 Å². The predicted molar refractivity (Wildman–Crippen MR) is 79.4 cm³/mol. The summed E-state index contributed by atoms with van der Waals surface area (Å²) in [5.41, 5.74) is 0. The fraction of sp³-hybridized carbons (Fsp3) is 0.667. The average Bonchev–Trinajstić information content (AvgIpc) is 2.92. The van der Waals surface area contributed by atoms with Crippen molar-refractivity contribution < 1.29 is 9.59 Å². The second-order valence-electron chi connectivity index (χ2n) is 6.06. The molecule has 1 aliphatic rings. The van der Waals surface area contributed by atoms with Gasteiger partial charge in [-0.05, 0) is 25.7 Å². The van der Waals surface area contributed by atoms with Gasteiger partial charge in [-0.3, -0.25) is 9.59 Å². The van der Waals surface area contributed by atoms with E-state index >= 15 is 0 Å². The Kier molecular flexibility index (Phi) is 4.98. The zero-order valence-electron chi connectivity index (χ0n) is 13.0. The number of aryl methyl sites for hydroxylation is 1. The largest absolute Gasteiger partial charge is 0.343 e. The first kappa shape index (κ1) is 15.5. The van der Waals surface area contributed by atoms with Crippen LogP contribution in [0.5, 0.6) is 0 Å². The maximum Gasteiger partial charge on any atom is 0.245 e. The van der Waals surface area contributed by atoms with Gasteiger partial charge in [0.1, 0.15) is 12.1 Å². The van der Waals surface area contributed by atoms with Gasteiger partial charge in [0, 0.05) is 25.5 Å². The average molecular weight is 292 g/mol. The van der Waals surface area contributed by atoms with Gasteiger partial charge in [-0.15, -0.1) is 0 Å². The van der Waals surface area contributed by atoms with Gasteiger partial charge in [0.25, 0.3) is 0 Å². The molecule has 1 N–H and O–H groups in total. The van der Waals surface area contributed by atoms with Crippen LogP contribution in [0, 0.1) is 5.92 Å². The molecular weight excluding hydrogens is 268 g/mol. The van der Waals surface area contributed by atoms with E-state index in [2.05, 4.69) is 24.1 Å². The number of carbonyl (C=O) groups excluding carboxylic acids is 2. The number of aromatic nitrogens is 2. The molecule has 21 heavy (non-hydrogen) atoms. The van der Waals surface area contributed by atoms with Crippen molar-refractivity contribution in [2.24, 2.45) is 5.92 Å². The Morgan fingerprint density at radius 1 is 1.33 bits per heavy atom. The number of hydrogen-bond acceptors (Lipinski definition) is 3. The van der Waals surface area contributed by atoms with Crippen molar-refractivity contribution in [3.8, 4) is 0 Å². The summed E-state index contributed by atoms with van der Waals surface area (Å²) >= 11 is 0. The van der Waals surface area contributed by atoms with Crippen molar-refractivity contribution in [2.75, 3.05) is 6.54 Å². The van der Waals surface area contributed by atoms with Crippen LogP contribution in [0.4, 0.5) is 0 Å². The van der Waals surface area contributed by atoms with Crippen molar-refractivity contribution in [3.05, 3.63) is 18.7 Å². The monoisotopic (exact) mass is 292 g/mol. The lowest BCUT2D eigenvalue weighted by Gasteiger charge is -2.38. The van der Waals surface area contributed by atoms with E-state index in [0.29, 0.717) is 18.9 Å². The zero-order valence-corrected chi connectivity index (χ0v) is 13.0. The molecule has 1 aromatic rings. The van der Waals surface area contributed by atoms with Gasteiger partial charge < -0.3 is 14.8 Å². The number of carbonyl (C=O) groups is 2. The van der Waals surface area contributed by atoms with E-state index in [1.165, 1.54) is 0 Å². The highest BCUT2D eigenvalue weighted by atomic mass is 16.2. The molecule has 2 unspecified atom stereocenters. The SMILES string of the molecule is CC(C)CC1C(=O)NC(C)C(=O)N1CCCn1ccnc1. The standard InChI is InChI=1S/C15H24N4O2/c1-11(2)9-13-14(20)17-12(3)15(21)19(13)7-4-6-18-8-5-16-10-18/h5,8,10-13H,4,6-7,9H2,1-3H3,(H,17,20). The summed E-state index contributed by atoms with van der Waals surface area (Å²) in [7, 11) is 0. The molecule has 0 radical (unpaired) electrons. The minimum atomic E-state index is -0.422. The van der Waals surface area contributed by atoms with Crippen LogP contribution in [0.1, 0.15) is 33.6 Å². The van der Waals surface area contributed by atoms with Crippen molar-refractivity contribution >= 4 is 11.8 Å². The van der Waals surface area contributed by atoms with Gasteiger partial charge >= 0.3 is 0 Å². The van der Waals surface area contributed by atoms with Crippen LogP contribution in [0.3, 0.4) is 0 Å². The minimum Gasteiger partial charge on any atom is -0.343 e. The highest BCUT2D eigenvalue weighted by Crippen LogP contribution is 2.18. The zero-order chi connectivity index (χ0) is 15.4. The summed E-state index contributed by atoms with van der Waals surface area (Å²) in [6.45, 7) is 7.29. The van der Waals surface area contributed by atoms with Crippen molar-refractivity contribution in [3.63, 3.8) is 0 Å². The highest BCUT2D eigenvalue weighted by Gasteiger charge is 2.38. The van der Waals surface area contributed by atoms with Crippen LogP contribution >= 0.6 is 0 Å². The van der Waals surface area contributed by atoms with E-state index in [0.717, 1.165) is 13.0 Å². The van der Waals surface area contributed by atoms with E-state index < -0.39 is 6.04 Å². The first-order chi connectivity index (χ1) is 9.99. The molecule has 6 nitrogen and oxygen atoms in total. The Morgan fingerprint density at radius 3 is 2.71 bits per heavy atom. The third-order valence-corrected chi connectivity index (χ3v) is 3.76. The summed E-state index contributed by atoms with van der Waals surface area (Å²) in [4.78, 5) is 30.3. The third kappa shape index (κ3) is 3.83. The molecule has 1 saturated heterocycles. The molecular formula is C15H24N4O2. The van der Waals surface area contributed by atoms with Gasteiger partial charge in [-0.2, -0.15) is 0 Å². The smallest absolute Gasteiger partial charge is 0.245 e. The molecule has 2 heterocycles. The predicted octanol–water partition coefficient (Wildman–Crippen LogP) is 1.03. The van der Waals surface area contributed by atoms with Crippen LogP contribution in [-0.4, -0.2) is 44.9 Å². The van der Waals surface area contributed by atoms with Gasteiger partial charge in [0.05, 0.1) is 6.33 Å². The van der Waals surface area contributed by atoms with Crippen molar-refractivity contribution in [1.29, 1.82) is 0 Å². The lowest BCUT2D eigenvalue weighted by molar-refractivity contribution is -0.149. The van der Waals surface area contributed by atoms with Crippen LogP contribution in [0.15, 0.2) is 18.7 Å². The molecule has 2 amide bonds. The van der Waals surface area contributed by atoms with Crippen molar-refractivity contribution in [2.45, 2.75) is 52.2 Å². The number of imidazole rings is 1. The second kappa shape index (κ2) is 6.74. The Bertz CT molecular complexity index is 484. The first-order valence-corrected chi connectivity index (χ1v) is 7.55. The summed E-state index contributed by atoms with van der Waals surface area (Å²) in [6.07, 6.45) is 6.92. The van der Waals surface area contributed by atoms with E-state index in [1.807, 2.05) is 10.8 Å². The van der Waals surface area contributed by atoms with Crippen LogP contribution in [0.25, 0.3) is 0 Å². The fourth-order valence-electron chi connectivity index (χ4n) is 2.70. The maximum absolute atomic E-state index is 12.3. The second-order valence-corrected chi connectivity index (χ2v) is 6.06. The lowest BCUT2D eigenvalue weighted by Crippen LogP contribution is -2.62. The van der Waals surface area contributed by atoms with E-state index in [-0.39, 0.29) is 17.9 Å². The Labute approximate surface area is 125 Å². The molecule has 116 valence electrons. The topological polar surface area (TPSA) is 67.2 Å². The molecule has 1 aliphatic heterocycles. The molecule has 0 aromatic carbocycles. The van der Waals surface area contributed by atoms with Crippen LogP contribution in [-0.2, 0) is 16.1 Å². The van der Waals surface area contributed by atoms with E-state index in [1.54, 1.807) is 24.3 Å². The molecule has 1 aromatic heterocycles. The molecule has 0 bridgehead atoms. The summed E-state index contributed by atoms with van der Waals surface area (Å²) in [6, 6.07) is -0.759. The number of amides is 2. The number of piperazine rings is 1. The Morgan fingerprint density at radius 2 is 2.10 bits per heavy atom. The summed E-state index contributed by atoms with van der Waals surface area (Å²) in [5, 5.41) is 2.77.